The minimum Gasteiger partial charge on any atom is -0.378 e. The molecule has 0 N–H and O–H groups in total. The second kappa shape index (κ2) is 6.64. The van der Waals surface area contributed by atoms with Gasteiger partial charge in [0.2, 0.25) is 5.16 Å². The molecular formula is C14H15N3O3S. The van der Waals surface area contributed by atoms with Crippen LogP contribution in [0.5, 0.6) is 0 Å². The zero-order valence-corrected chi connectivity index (χ0v) is 12.2. The van der Waals surface area contributed by atoms with Crippen molar-refractivity contribution in [3.05, 3.63) is 42.7 Å². The monoisotopic (exact) mass is 305 g/mol. The van der Waals surface area contributed by atoms with E-state index >= 15 is 0 Å². The number of carbonyl (C=O) groups excluding carboxylic acids is 1. The summed E-state index contributed by atoms with van der Waals surface area (Å²) in [6.45, 7) is 2.19. The van der Waals surface area contributed by atoms with Crippen molar-refractivity contribution >= 4 is 17.9 Å². The predicted molar refractivity (Wildman–Crippen MR) is 77.2 cm³/mol. The summed E-state index contributed by atoms with van der Waals surface area (Å²) in [7, 11) is 0. The number of amides is 1. The van der Waals surface area contributed by atoms with Crippen LogP contribution in [0.3, 0.4) is 0 Å². The fourth-order valence-corrected chi connectivity index (χ4v) is 2.71. The fraction of sp³-hybridized carbons (Fsp3) is 0.286. The Morgan fingerprint density at radius 3 is 2.76 bits per heavy atom. The second-order valence-corrected chi connectivity index (χ2v) is 5.45. The Morgan fingerprint density at radius 2 is 2.00 bits per heavy atom. The Morgan fingerprint density at radius 1 is 1.24 bits per heavy atom. The van der Waals surface area contributed by atoms with Crippen LogP contribution in [0.1, 0.15) is 0 Å². The van der Waals surface area contributed by atoms with E-state index in [9.17, 15) is 4.79 Å². The van der Waals surface area contributed by atoms with Crippen molar-refractivity contribution in [1.29, 1.82) is 0 Å². The van der Waals surface area contributed by atoms with E-state index in [0.29, 0.717) is 31.5 Å². The van der Waals surface area contributed by atoms with Crippen molar-refractivity contribution in [2.45, 2.75) is 10.1 Å². The van der Waals surface area contributed by atoms with Crippen LogP contribution >= 0.6 is 11.8 Å². The molecule has 3 rings (SSSR count). The third kappa shape index (κ3) is 3.56. The molecule has 1 saturated heterocycles. The Balaban J connectivity index is 1.66. The Bertz CT molecular complexity index is 597. The second-order valence-electron chi connectivity index (χ2n) is 4.41. The fourth-order valence-electron chi connectivity index (χ4n) is 1.90. The van der Waals surface area contributed by atoms with E-state index in [2.05, 4.69) is 4.98 Å². The molecule has 7 heteroatoms. The zero-order valence-electron chi connectivity index (χ0n) is 11.3. The molecule has 1 amide bonds. The predicted octanol–water partition coefficient (Wildman–Crippen LogP) is 1.92. The molecular weight excluding hydrogens is 290 g/mol. The molecule has 0 spiro atoms. The average Bonchev–Trinajstić information content (AvgIpc) is 2.96. The standard InChI is InChI=1S/C14H15N3O3S/c18-14(16-8-10-19-11-9-16)20-17-7-6-15-13(17)21-12-4-2-1-3-5-12/h1-7H,8-11H2. The quantitative estimate of drug-likeness (QED) is 0.867. The number of nitrogens with zero attached hydrogens (tertiary/aromatic N) is 3. The van der Waals surface area contributed by atoms with Crippen molar-refractivity contribution in [3.63, 3.8) is 0 Å². The first-order chi connectivity index (χ1) is 10.3. The summed E-state index contributed by atoms with van der Waals surface area (Å²) in [6, 6.07) is 9.82. The van der Waals surface area contributed by atoms with Crippen LogP contribution in [-0.2, 0) is 4.74 Å². The molecule has 1 aromatic carbocycles. The highest BCUT2D eigenvalue weighted by Crippen LogP contribution is 2.25. The molecule has 0 atom stereocenters. The maximum Gasteiger partial charge on any atom is 0.434 e. The molecule has 21 heavy (non-hydrogen) atoms. The number of aromatic nitrogens is 2. The SMILES string of the molecule is O=C(On1ccnc1Sc1ccccc1)N1CCOCC1. The lowest BCUT2D eigenvalue weighted by atomic mass is 10.4. The first-order valence-electron chi connectivity index (χ1n) is 6.64. The van der Waals surface area contributed by atoms with Gasteiger partial charge in [-0.05, 0) is 23.9 Å². The molecule has 110 valence electrons. The topological polar surface area (TPSA) is 56.6 Å². The van der Waals surface area contributed by atoms with Gasteiger partial charge in [-0.2, -0.15) is 4.73 Å². The minimum atomic E-state index is -0.383. The molecule has 0 unspecified atom stereocenters. The summed E-state index contributed by atoms with van der Waals surface area (Å²) >= 11 is 1.44. The summed E-state index contributed by atoms with van der Waals surface area (Å²) in [6.07, 6.45) is 2.85. The molecule has 6 nitrogen and oxygen atoms in total. The molecule has 0 saturated carbocycles. The largest absolute Gasteiger partial charge is 0.434 e. The van der Waals surface area contributed by atoms with Crippen molar-refractivity contribution in [1.82, 2.24) is 14.6 Å². The van der Waals surface area contributed by atoms with Crippen molar-refractivity contribution in [2.24, 2.45) is 0 Å². The Labute approximate surface area is 126 Å². The van der Waals surface area contributed by atoms with Gasteiger partial charge in [0.05, 0.1) is 19.4 Å². The van der Waals surface area contributed by atoms with Gasteiger partial charge >= 0.3 is 6.09 Å². The highest BCUT2D eigenvalue weighted by atomic mass is 32.2. The van der Waals surface area contributed by atoms with Crippen LogP contribution < -0.4 is 4.84 Å². The Kier molecular flexibility index (Phi) is 4.42. The number of ether oxygens (including phenoxy) is 1. The smallest absolute Gasteiger partial charge is 0.378 e. The highest BCUT2D eigenvalue weighted by Gasteiger charge is 2.20. The van der Waals surface area contributed by atoms with Gasteiger partial charge in [-0.1, -0.05) is 18.2 Å². The van der Waals surface area contributed by atoms with Crippen molar-refractivity contribution in [2.75, 3.05) is 26.3 Å². The van der Waals surface area contributed by atoms with E-state index in [-0.39, 0.29) is 6.09 Å². The van der Waals surface area contributed by atoms with Gasteiger partial charge in [0, 0.05) is 24.2 Å². The summed E-state index contributed by atoms with van der Waals surface area (Å²) in [4.78, 5) is 24.3. The lowest BCUT2D eigenvalue weighted by Crippen LogP contribution is -2.44. The highest BCUT2D eigenvalue weighted by molar-refractivity contribution is 7.99. The first kappa shape index (κ1) is 14.0. The van der Waals surface area contributed by atoms with Gasteiger partial charge in [-0.15, -0.1) is 0 Å². The van der Waals surface area contributed by atoms with E-state index in [1.165, 1.54) is 16.5 Å². The lowest BCUT2D eigenvalue weighted by molar-refractivity contribution is 0.0213. The number of carbonyl (C=O) groups is 1. The number of morpholine rings is 1. The van der Waals surface area contributed by atoms with Crippen LogP contribution in [0.2, 0.25) is 0 Å². The molecule has 0 bridgehead atoms. The van der Waals surface area contributed by atoms with E-state index in [1.54, 1.807) is 17.3 Å². The van der Waals surface area contributed by atoms with Gasteiger partial charge in [0.1, 0.15) is 0 Å². The molecule has 0 aliphatic carbocycles. The summed E-state index contributed by atoms with van der Waals surface area (Å²) in [5.74, 6) is 0. The summed E-state index contributed by atoms with van der Waals surface area (Å²) in [5, 5.41) is 0.614. The first-order valence-corrected chi connectivity index (χ1v) is 7.46. The lowest BCUT2D eigenvalue weighted by Gasteiger charge is -2.25. The van der Waals surface area contributed by atoms with E-state index < -0.39 is 0 Å². The van der Waals surface area contributed by atoms with Crippen LogP contribution in [0, 0.1) is 0 Å². The van der Waals surface area contributed by atoms with Crippen LogP contribution in [0.4, 0.5) is 4.79 Å². The molecule has 1 aliphatic rings. The van der Waals surface area contributed by atoms with Crippen molar-refractivity contribution < 1.29 is 14.4 Å². The van der Waals surface area contributed by atoms with Gasteiger partial charge in [0.25, 0.3) is 0 Å². The van der Waals surface area contributed by atoms with Gasteiger partial charge < -0.3 is 14.5 Å². The van der Waals surface area contributed by atoms with Gasteiger partial charge in [0.15, 0.2) is 0 Å². The summed E-state index contributed by atoms with van der Waals surface area (Å²) < 4.78 is 6.61. The zero-order chi connectivity index (χ0) is 14.5. The number of hydrogen-bond donors (Lipinski definition) is 0. The average molecular weight is 305 g/mol. The molecule has 1 aliphatic heterocycles. The molecule has 1 aromatic heterocycles. The van der Waals surface area contributed by atoms with E-state index in [0.717, 1.165) is 4.90 Å². The number of rotatable bonds is 3. The summed E-state index contributed by atoms with van der Waals surface area (Å²) in [5.41, 5.74) is 0. The van der Waals surface area contributed by atoms with Gasteiger partial charge in [-0.3, -0.25) is 0 Å². The molecule has 2 heterocycles. The Hall–Kier alpha value is -1.99. The normalized spacial score (nSPS) is 15.0. The minimum absolute atomic E-state index is 0.383. The number of benzene rings is 1. The van der Waals surface area contributed by atoms with Crippen LogP contribution in [0.25, 0.3) is 0 Å². The third-order valence-electron chi connectivity index (χ3n) is 2.97. The van der Waals surface area contributed by atoms with E-state index in [1.807, 2.05) is 30.3 Å². The van der Waals surface area contributed by atoms with Gasteiger partial charge in [-0.25, -0.2) is 9.78 Å². The molecule has 1 fully saturated rings. The van der Waals surface area contributed by atoms with Crippen molar-refractivity contribution in [3.8, 4) is 0 Å². The third-order valence-corrected chi connectivity index (χ3v) is 3.95. The maximum absolute atomic E-state index is 12.1. The number of imidazole rings is 1. The molecule has 0 radical (unpaired) electrons. The van der Waals surface area contributed by atoms with E-state index in [4.69, 9.17) is 9.57 Å². The van der Waals surface area contributed by atoms with Crippen LogP contribution in [-0.4, -0.2) is 47.0 Å². The maximum atomic E-state index is 12.1. The number of hydrogen-bond acceptors (Lipinski definition) is 5. The van der Waals surface area contributed by atoms with Crippen LogP contribution in [0.15, 0.2) is 52.8 Å². The molecule has 2 aromatic rings.